The summed E-state index contributed by atoms with van der Waals surface area (Å²) >= 11 is 1.46. The van der Waals surface area contributed by atoms with E-state index < -0.39 is 17.7 Å². The van der Waals surface area contributed by atoms with Gasteiger partial charge in [0.15, 0.2) is 0 Å². The normalized spacial score (nSPS) is 11.8. The van der Waals surface area contributed by atoms with E-state index in [1.54, 1.807) is 6.08 Å². The molecule has 0 fully saturated rings. The van der Waals surface area contributed by atoms with Crippen LogP contribution in [0, 0.1) is 6.92 Å². The SMILES string of the molecule is CCc1cc(N(C)Cc2sc(-c3ccc(C(F)(F)F)cc3)nc2C)ccc1/C=C/C(=O)O. The number of carboxylic acids is 1. The predicted octanol–water partition coefficient (Wildman–Crippen LogP) is 6.43. The molecule has 168 valence electrons. The Morgan fingerprint density at radius 2 is 1.88 bits per heavy atom. The average Bonchev–Trinajstić information content (AvgIpc) is 3.11. The van der Waals surface area contributed by atoms with Crippen molar-refractivity contribution in [2.24, 2.45) is 0 Å². The highest BCUT2D eigenvalue weighted by molar-refractivity contribution is 7.15. The van der Waals surface area contributed by atoms with Crippen LogP contribution in [0.2, 0.25) is 0 Å². The lowest BCUT2D eigenvalue weighted by atomic mass is 10.0. The van der Waals surface area contributed by atoms with Crippen molar-refractivity contribution in [2.45, 2.75) is 33.0 Å². The van der Waals surface area contributed by atoms with Crippen molar-refractivity contribution in [3.63, 3.8) is 0 Å². The molecule has 0 amide bonds. The number of rotatable bonds is 7. The van der Waals surface area contributed by atoms with E-state index in [-0.39, 0.29) is 0 Å². The third-order valence-corrected chi connectivity index (χ3v) is 6.28. The molecule has 32 heavy (non-hydrogen) atoms. The van der Waals surface area contributed by atoms with Crippen LogP contribution in [0.25, 0.3) is 16.6 Å². The first-order chi connectivity index (χ1) is 15.1. The number of alkyl halides is 3. The molecule has 0 saturated heterocycles. The molecule has 0 radical (unpaired) electrons. The van der Waals surface area contributed by atoms with Gasteiger partial charge in [-0.3, -0.25) is 0 Å². The molecule has 0 bridgehead atoms. The zero-order chi connectivity index (χ0) is 23.5. The highest BCUT2D eigenvalue weighted by Crippen LogP contribution is 2.33. The monoisotopic (exact) mass is 460 g/mol. The Hall–Kier alpha value is -3.13. The number of hydrogen-bond acceptors (Lipinski definition) is 4. The van der Waals surface area contributed by atoms with Crippen LogP contribution in [0.3, 0.4) is 0 Å². The van der Waals surface area contributed by atoms with Crippen molar-refractivity contribution in [2.75, 3.05) is 11.9 Å². The van der Waals surface area contributed by atoms with E-state index in [4.69, 9.17) is 5.11 Å². The molecule has 4 nitrogen and oxygen atoms in total. The molecular weight excluding hydrogens is 437 g/mol. The fourth-order valence-corrected chi connectivity index (χ4v) is 4.39. The number of aliphatic carboxylic acids is 1. The van der Waals surface area contributed by atoms with Crippen LogP contribution in [0.5, 0.6) is 0 Å². The zero-order valence-corrected chi connectivity index (χ0v) is 18.7. The molecule has 8 heteroatoms. The second-order valence-electron chi connectivity index (χ2n) is 7.37. The third kappa shape index (κ3) is 5.56. The minimum absolute atomic E-state index is 0.595. The molecule has 0 aliphatic rings. The second-order valence-corrected chi connectivity index (χ2v) is 8.45. The first-order valence-corrected chi connectivity index (χ1v) is 10.8. The number of nitrogens with zero attached hydrogens (tertiary/aromatic N) is 2. The maximum absolute atomic E-state index is 12.8. The van der Waals surface area contributed by atoms with Gasteiger partial charge in [-0.25, -0.2) is 9.78 Å². The van der Waals surface area contributed by atoms with Gasteiger partial charge in [-0.05, 0) is 54.8 Å². The molecule has 3 aromatic rings. The lowest BCUT2D eigenvalue weighted by molar-refractivity contribution is -0.137. The standard InChI is InChI=1S/C24H23F3N2O2S/c1-4-16-13-20(11-7-17(16)8-12-22(30)31)29(3)14-21-15(2)28-23(32-21)18-5-9-19(10-6-18)24(25,26)27/h5-13H,4,14H2,1-3H3,(H,30,31)/b12-8+. The van der Waals surface area contributed by atoms with E-state index in [0.717, 1.165) is 52.0 Å². The van der Waals surface area contributed by atoms with E-state index >= 15 is 0 Å². The van der Waals surface area contributed by atoms with Crippen LogP contribution in [0.15, 0.2) is 48.5 Å². The Bertz CT molecular complexity index is 1140. The number of carbonyl (C=O) groups is 1. The summed E-state index contributed by atoms with van der Waals surface area (Å²) in [5.41, 5.74) is 3.71. The van der Waals surface area contributed by atoms with Gasteiger partial charge >= 0.3 is 12.1 Å². The van der Waals surface area contributed by atoms with Gasteiger partial charge in [0.25, 0.3) is 0 Å². The summed E-state index contributed by atoms with van der Waals surface area (Å²) in [6.45, 7) is 4.50. The number of aryl methyl sites for hydroxylation is 2. The molecule has 1 heterocycles. The van der Waals surface area contributed by atoms with Gasteiger partial charge in [-0.1, -0.05) is 25.1 Å². The topological polar surface area (TPSA) is 53.4 Å². The molecule has 1 N–H and O–H groups in total. The molecule has 3 rings (SSSR count). The quantitative estimate of drug-likeness (QED) is 0.413. The lowest BCUT2D eigenvalue weighted by Gasteiger charge is -2.20. The Kier molecular flexibility index (Phi) is 7.03. The summed E-state index contributed by atoms with van der Waals surface area (Å²) < 4.78 is 38.4. The van der Waals surface area contributed by atoms with Crippen molar-refractivity contribution in [1.82, 2.24) is 4.98 Å². The van der Waals surface area contributed by atoms with Crippen molar-refractivity contribution in [3.8, 4) is 10.6 Å². The third-order valence-electron chi connectivity index (χ3n) is 5.09. The number of halogens is 3. The summed E-state index contributed by atoms with van der Waals surface area (Å²) in [5, 5.41) is 9.54. The molecule has 2 aromatic carbocycles. The molecular formula is C24H23F3N2O2S. The van der Waals surface area contributed by atoms with Crippen LogP contribution >= 0.6 is 11.3 Å². The van der Waals surface area contributed by atoms with Gasteiger partial charge in [0, 0.05) is 29.3 Å². The summed E-state index contributed by atoms with van der Waals surface area (Å²) in [4.78, 5) is 18.4. The van der Waals surface area contributed by atoms with Crippen molar-refractivity contribution < 1.29 is 23.1 Å². The van der Waals surface area contributed by atoms with Crippen molar-refractivity contribution >= 4 is 29.1 Å². The van der Waals surface area contributed by atoms with E-state index in [9.17, 15) is 18.0 Å². The molecule has 1 aromatic heterocycles. The maximum atomic E-state index is 12.8. The second kappa shape index (κ2) is 9.56. The summed E-state index contributed by atoms with van der Waals surface area (Å²) in [7, 11) is 1.96. The lowest BCUT2D eigenvalue weighted by Crippen LogP contribution is -2.16. The molecule has 0 spiro atoms. The van der Waals surface area contributed by atoms with Crippen molar-refractivity contribution in [3.05, 3.63) is 75.8 Å². The van der Waals surface area contributed by atoms with Gasteiger partial charge in [0.2, 0.25) is 0 Å². The maximum Gasteiger partial charge on any atom is 0.416 e. The molecule has 0 aliphatic heterocycles. The van der Waals surface area contributed by atoms with Gasteiger partial charge in [0.05, 0.1) is 17.8 Å². The Balaban J connectivity index is 1.79. The summed E-state index contributed by atoms with van der Waals surface area (Å²) in [6, 6.07) is 10.9. The molecule has 0 aliphatic carbocycles. The summed E-state index contributed by atoms with van der Waals surface area (Å²) in [5.74, 6) is -0.988. The van der Waals surface area contributed by atoms with E-state index in [2.05, 4.69) is 9.88 Å². The smallest absolute Gasteiger partial charge is 0.416 e. The highest BCUT2D eigenvalue weighted by Gasteiger charge is 2.30. The molecule has 0 atom stereocenters. The number of carboxylic acid groups (broad SMARTS) is 1. The fraction of sp³-hybridized carbons (Fsp3) is 0.250. The number of hydrogen-bond donors (Lipinski definition) is 1. The Morgan fingerprint density at radius 1 is 1.19 bits per heavy atom. The first kappa shape index (κ1) is 23.5. The number of thiazole rings is 1. The summed E-state index contributed by atoms with van der Waals surface area (Å²) in [6.07, 6.45) is -0.879. The molecule has 0 saturated carbocycles. The minimum atomic E-state index is -4.36. The Morgan fingerprint density at radius 3 is 2.47 bits per heavy atom. The molecule has 0 unspecified atom stereocenters. The van der Waals surface area contributed by atoms with E-state index in [1.807, 2.05) is 39.1 Å². The number of benzene rings is 2. The number of anilines is 1. The number of aromatic nitrogens is 1. The first-order valence-electron chi connectivity index (χ1n) is 9.97. The van der Waals surface area contributed by atoms with Gasteiger partial charge in [-0.15, -0.1) is 11.3 Å². The van der Waals surface area contributed by atoms with Crippen molar-refractivity contribution in [1.29, 1.82) is 0 Å². The van der Waals surface area contributed by atoms with Crippen LogP contribution in [0.1, 0.15) is 34.2 Å². The van der Waals surface area contributed by atoms with E-state index in [0.29, 0.717) is 17.1 Å². The van der Waals surface area contributed by atoms with E-state index in [1.165, 1.54) is 23.5 Å². The van der Waals surface area contributed by atoms with Crippen LogP contribution in [-0.2, 0) is 23.9 Å². The highest BCUT2D eigenvalue weighted by atomic mass is 32.1. The Labute approximate surface area is 188 Å². The van der Waals surface area contributed by atoms with Crippen LogP contribution in [0.4, 0.5) is 18.9 Å². The van der Waals surface area contributed by atoms with Gasteiger partial charge in [0.1, 0.15) is 5.01 Å². The van der Waals surface area contributed by atoms with Gasteiger partial charge < -0.3 is 10.0 Å². The fourth-order valence-electron chi connectivity index (χ4n) is 3.27. The predicted molar refractivity (Wildman–Crippen MR) is 122 cm³/mol. The van der Waals surface area contributed by atoms with Crippen LogP contribution in [-0.4, -0.2) is 23.1 Å². The largest absolute Gasteiger partial charge is 0.478 e. The van der Waals surface area contributed by atoms with Crippen LogP contribution < -0.4 is 4.90 Å². The minimum Gasteiger partial charge on any atom is -0.478 e. The van der Waals surface area contributed by atoms with Gasteiger partial charge in [-0.2, -0.15) is 13.2 Å². The zero-order valence-electron chi connectivity index (χ0n) is 17.9. The average molecular weight is 461 g/mol.